The lowest BCUT2D eigenvalue weighted by atomic mass is 9.93. The van der Waals surface area contributed by atoms with Crippen LogP contribution in [0.4, 0.5) is 33.7 Å². The van der Waals surface area contributed by atoms with E-state index in [1.165, 1.54) is 12.3 Å². The third kappa shape index (κ3) is 5.43. The highest BCUT2D eigenvalue weighted by Gasteiger charge is 2.33. The van der Waals surface area contributed by atoms with Crippen LogP contribution in [0.3, 0.4) is 0 Å². The number of rotatable bonds is 5. The molecule has 0 spiro atoms. The van der Waals surface area contributed by atoms with Gasteiger partial charge in [0.15, 0.2) is 5.82 Å². The molecular weight excluding hydrogens is 565 g/mol. The van der Waals surface area contributed by atoms with Gasteiger partial charge in [-0.05, 0) is 50.0 Å². The molecule has 2 saturated heterocycles. The molecule has 0 unspecified atom stereocenters. The van der Waals surface area contributed by atoms with Gasteiger partial charge in [0.05, 0.1) is 16.5 Å². The lowest BCUT2D eigenvalue weighted by Gasteiger charge is -2.33. The standard InChI is InChI=1S/C31H30F5N7/c1-4-21-24(32)8-7-18-14-19(31(34,35)36)15-22(25(18)21)27-26(33)28-23(16-38-27)29(42(3)17-20-6-5-9-37-20)40-30(39-28)43-12-10-41(2)11-13-43/h1,7-8,14-16,20,37H,5-6,9-13,17H2,2-3H3/t20-/m1/s1. The number of nitrogens with zero attached hydrogens (tertiary/aromatic N) is 6. The summed E-state index contributed by atoms with van der Waals surface area (Å²) in [5.41, 5.74) is -2.05. The summed E-state index contributed by atoms with van der Waals surface area (Å²) < 4.78 is 73.3. The van der Waals surface area contributed by atoms with Crippen molar-refractivity contribution >= 4 is 33.4 Å². The second-order valence-corrected chi connectivity index (χ2v) is 11.2. The molecule has 43 heavy (non-hydrogen) atoms. The molecule has 2 fully saturated rings. The minimum Gasteiger partial charge on any atom is -0.357 e. The summed E-state index contributed by atoms with van der Waals surface area (Å²) >= 11 is 0. The molecule has 2 aliphatic heterocycles. The Balaban J connectivity index is 1.58. The van der Waals surface area contributed by atoms with Crippen molar-refractivity contribution in [2.75, 3.05) is 63.2 Å². The summed E-state index contributed by atoms with van der Waals surface area (Å²) in [6.07, 6.45) is 4.25. The number of pyridine rings is 1. The predicted molar refractivity (Wildman–Crippen MR) is 157 cm³/mol. The van der Waals surface area contributed by atoms with Crippen LogP contribution in [-0.2, 0) is 6.18 Å². The fourth-order valence-electron chi connectivity index (χ4n) is 5.92. The van der Waals surface area contributed by atoms with Gasteiger partial charge in [0, 0.05) is 63.0 Å². The number of alkyl halides is 3. The van der Waals surface area contributed by atoms with Gasteiger partial charge in [-0.2, -0.15) is 18.2 Å². The smallest absolute Gasteiger partial charge is 0.357 e. The van der Waals surface area contributed by atoms with Crippen LogP contribution in [0.5, 0.6) is 0 Å². The third-order valence-electron chi connectivity index (χ3n) is 8.25. The number of aromatic nitrogens is 3. The fraction of sp³-hybridized carbons (Fsp3) is 0.387. The van der Waals surface area contributed by atoms with Crippen molar-refractivity contribution in [1.82, 2.24) is 25.2 Å². The van der Waals surface area contributed by atoms with E-state index in [2.05, 4.69) is 26.1 Å². The topological polar surface area (TPSA) is 60.4 Å². The molecule has 0 radical (unpaired) electrons. The van der Waals surface area contributed by atoms with E-state index in [4.69, 9.17) is 11.4 Å². The van der Waals surface area contributed by atoms with Gasteiger partial charge < -0.3 is 20.0 Å². The zero-order chi connectivity index (χ0) is 30.5. The molecule has 224 valence electrons. The van der Waals surface area contributed by atoms with Crippen LogP contribution in [0.25, 0.3) is 32.9 Å². The Labute approximate surface area is 245 Å². The fourth-order valence-corrected chi connectivity index (χ4v) is 5.92. The molecule has 2 aliphatic rings. The Kier molecular flexibility index (Phi) is 7.56. The zero-order valence-corrected chi connectivity index (χ0v) is 23.8. The number of benzene rings is 2. The Morgan fingerprint density at radius 2 is 1.88 bits per heavy atom. The highest BCUT2D eigenvalue weighted by molar-refractivity contribution is 6.02. The van der Waals surface area contributed by atoms with Crippen molar-refractivity contribution in [1.29, 1.82) is 0 Å². The Bertz CT molecular complexity index is 1740. The number of hydrogen-bond donors (Lipinski definition) is 1. The number of hydrogen-bond acceptors (Lipinski definition) is 7. The molecule has 2 aromatic heterocycles. The van der Waals surface area contributed by atoms with Gasteiger partial charge in [0.25, 0.3) is 0 Å². The predicted octanol–water partition coefficient (Wildman–Crippen LogP) is 5.06. The number of nitrogens with one attached hydrogen (secondary N) is 1. The first-order valence-corrected chi connectivity index (χ1v) is 14.1. The summed E-state index contributed by atoms with van der Waals surface area (Å²) in [4.78, 5) is 19.8. The number of likely N-dealkylation sites (N-methyl/N-ethyl adjacent to an activating group) is 2. The van der Waals surface area contributed by atoms with Crippen molar-refractivity contribution in [2.24, 2.45) is 0 Å². The second-order valence-electron chi connectivity index (χ2n) is 11.2. The first-order valence-electron chi connectivity index (χ1n) is 14.1. The molecular formula is C31H30F5N7. The largest absolute Gasteiger partial charge is 0.416 e. The molecule has 4 heterocycles. The van der Waals surface area contributed by atoms with E-state index in [1.807, 2.05) is 23.9 Å². The zero-order valence-electron chi connectivity index (χ0n) is 23.8. The van der Waals surface area contributed by atoms with Crippen molar-refractivity contribution in [3.05, 3.63) is 53.2 Å². The minimum atomic E-state index is -4.75. The molecule has 7 nitrogen and oxygen atoms in total. The number of terminal acetylenes is 1. The maximum Gasteiger partial charge on any atom is 0.416 e. The number of anilines is 2. The molecule has 0 amide bonds. The molecule has 1 atom stereocenters. The maximum absolute atomic E-state index is 16.7. The van der Waals surface area contributed by atoms with E-state index in [-0.39, 0.29) is 33.5 Å². The van der Waals surface area contributed by atoms with E-state index in [0.717, 1.165) is 50.7 Å². The third-order valence-corrected chi connectivity index (χ3v) is 8.25. The van der Waals surface area contributed by atoms with Crippen LogP contribution in [-0.4, -0.2) is 79.3 Å². The minimum absolute atomic E-state index is 0.0192. The average Bonchev–Trinajstić information content (AvgIpc) is 3.49. The average molecular weight is 596 g/mol. The van der Waals surface area contributed by atoms with Gasteiger partial charge in [-0.15, -0.1) is 6.42 Å². The van der Waals surface area contributed by atoms with Crippen LogP contribution in [0, 0.1) is 24.0 Å². The van der Waals surface area contributed by atoms with Gasteiger partial charge in [0.2, 0.25) is 5.95 Å². The van der Waals surface area contributed by atoms with Gasteiger partial charge in [-0.25, -0.2) is 13.8 Å². The van der Waals surface area contributed by atoms with Crippen molar-refractivity contribution < 1.29 is 22.0 Å². The number of piperazine rings is 1. The van der Waals surface area contributed by atoms with Crippen molar-refractivity contribution in [3.63, 3.8) is 0 Å². The summed E-state index contributed by atoms with van der Waals surface area (Å²) in [6, 6.07) is 4.06. The molecule has 2 aromatic carbocycles. The SMILES string of the molecule is C#Cc1c(F)ccc2cc(C(F)(F)F)cc(-c3ncc4c(N(C)C[C@H]5CCCN5)nc(N5CCN(C)CC5)nc4c3F)c12. The van der Waals surface area contributed by atoms with Crippen LogP contribution in [0.15, 0.2) is 30.5 Å². The first kappa shape index (κ1) is 29.0. The van der Waals surface area contributed by atoms with Gasteiger partial charge >= 0.3 is 6.18 Å². The van der Waals surface area contributed by atoms with Gasteiger partial charge in [-0.3, -0.25) is 4.98 Å². The molecule has 4 aromatic rings. The van der Waals surface area contributed by atoms with E-state index >= 15 is 4.39 Å². The first-order chi connectivity index (χ1) is 20.5. The molecule has 0 aliphatic carbocycles. The Morgan fingerprint density at radius 3 is 2.56 bits per heavy atom. The Hall–Kier alpha value is -4.08. The van der Waals surface area contributed by atoms with Gasteiger partial charge in [-0.1, -0.05) is 12.0 Å². The monoisotopic (exact) mass is 595 g/mol. The lowest BCUT2D eigenvalue weighted by molar-refractivity contribution is -0.137. The summed E-state index contributed by atoms with van der Waals surface area (Å²) in [5.74, 6) is 1.27. The second kappa shape index (κ2) is 11.2. The van der Waals surface area contributed by atoms with E-state index in [1.54, 1.807) is 0 Å². The molecule has 0 bridgehead atoms. The van der Waals surface area contributed by atoms with Crippen LogP contribution >= 0.6 is 0 Å². The van der Waals surface area contributed by atoms with Gasteiger partial charge in [0.1, 0.15) is 22.8 Å². The van der Waals surface area contributed by atoms with Crippen LogP contribution in [0.1, 0.15) is 24.0 Å². The number of fused-ring (bicyclic) bond motifs is 2. The molecule has 12 heteroatoms. The summed E-state index contributed by atoms with van der Waals surface area (Å²) in [5, 5.41) is 3.76. The van der Waals surface area contributed by atoms with E-state index < -0.39 is 29.1 Å². The number of halogens is 5. The highest BCUT2D eigenvalue weighted by Crippen LogP contribution is 2.41. The van der Waals surface area contributed by atoms with Crippen LogP contribution < -0.4 is 15.1 Å². The molecule has 6 rings (SSSR count). The lowest BCUT2D eigenvalue weighted by Crippen LogP contribution is -2.45. The molecule has 1 N–H and O–H groups in total. The van der Waals surface area contributed by atoms with Crippen molar-refractivity contribution in [3.8, 4) is 23.6 Å². The Morgan fingerprint density at radius 1 is 1.12 bits per heavy atom. The normalized spacial score (nSPS) is 18.0. The van der Waals surface area contributed by atoms with E-state index in [0.29, 0.717) is 36.8 Å². The van der Waals surface area contributed by atoms with Crippen LogP contribution in [0.2, 0.25) is 0 Å². The van der Waals surface area contributed by atoms with Crippen molar-refractivity contribution in [2.45, 2.75) is 25.1 Å². The quantitative estimate of drug-likeness (QED) is 0.256. The summed E-state index contributed by atoms with van der Waals surface area (Å²) in [6.45, 7) is 4.30. The summed E-state index contributed by atoms with van der Waals surface area (Å²) in [7, 11) is 3.88. The maximum atomic E-state index is 16.7. The highest BCUT2D eigenvalue weighted by atomic mass is 19.4. The molecule has 0 saturated carbocycles. The van der Waals surface area contributed by atoms with E-state index in [9.17, 15) is 17.6 Å².